The normalized spacial score (nSPS) is 15.4. The lowest BCUT2D eigenvalue weighted by Crippen LogP contribution is -2.41. The van der Waals surface area contributed by atoms with Crippen molar-refractivity contribution in [1.82, 2.24) is 24.1 Å². The van der Waals surface area contributed by atoms with Gasteiger partial charge in [0, 0.05) is 38.4 Å². The number of nitrogens with two attached hydrogens (primary N) is 1. The van der Waals surface area contributed by atoms with Crippen molar-refractivity contribution < 1.29 is 9.59 Å². The minimum absolute atomic E-state index is 0.0431. The molecule has 0 atom stereocenters. The number of amides is 2. The van der Waals surface area contributed by atoms with Gasteiger partial charge in [-0.2, -0.15) is 0 Å². The number of hydrogen-bond donors (Lipinski definition) is 1. The molecule has 4 heterocycles. The maximum atomic E-state index is 12.6. The monoisotopic (exact) mass is 416 g/mol. The second-order valence-electron chi connectivity index (χ2n) is 7.35. The zero-order chi connectivity index (χ0) is 20.5. The maximum Gasteiger partial charge on any atom is 0.272 e. The summed E-state index contributed by atoms with van der Waals surface area (Å²) in [7, 11) is 0. The van der Waals surface area contributed by atoms with Crippen LogP contribution < -0.4 is 11.3 Å². The van der Waals surface area contributed by atoms with Crippen LogP contribution >= 0.6 is 11.3 Å². The molecule has 2 amide bonds. The summed E-state index contributed by atoms with van der Waals surface area (Å²) in [4.78, 5) is 38.2. The van der Waals surface area contributed by atoms with Gasteiger partial charge >= 0.3 is 0 Å². The number of primary amides is 1. The molecule has 1 aliphatic heterocycles. The Morgan fingerprint density at radius 2 is 2.03 bits per heavy atom. The lowest BCUT2D eigenvalue weighted by molar-refractivity contribution is -0.134. The van der Waals surface area contributed by atoms with E-state index in [9.17, 15) is 14.4 Å². The number of piperidine rings is 1. The quantitative estimate of drug-likeness (QED) is 0.648. The van der Waals surface area contributed by atoms with Crippen molar-refractivity contribution in [2.24, 2.45) is 11.7 Å². The van der Waals surface area contributed by atoms with Crippen molar-refractivity contribution >= 4 is 39.1 Å². The van der Waals surface area contributed by atoms with Crippen LogP contribution in [0.25, 0.3) is 16.0 Å². The first-order chi connectivity index (χ1) is 14.0. The second-order valence-corrected chi connectivity index (χ2v) is 8.26. The average molecular weight is 417 g/mol. The van der Waals surface area contributed by atoms with Gasteiger partial charge in [0.1, 0.15) is 10.5 Å². The Kier molecular flexibility index (Phi) is 5.35. The fourth-order valence-electron chi connectivity index (χ4n) is 4.00. The van der Waals surface area contributed by atoms with Crippen LogP contribution in [0.5, 0.6) is 0 Å². The Hall–Kier alpha value is -2.75. The Balaban J connectivity index is 1.46. The molecule has 1 aliphatic rings. The summed E-state index contributed by atoms with van der Waals surface area (Å²) in [6, 6.07) is 1.91. The van der Waals surface area contributed by atoms with Crippen LogP contribution in [0.1, 0.15) is 38.4 Å². The van der Waals surface area contributed by atoms with Gasteiger partial charge in [-0.15, -0.1) is 21.5 Å². The Morgan fingerprint density at radius 1 is 1.28 bits per heavy atom. The molecule has 0 spiro atoms. The molecule has 9 nitrogen and oxygen atoms in total. The van der Waals surface area contributed by atoms with Crippen molar-refractivity contribution in [2.75, 3.05) is 13.1 Å². The molecule has 3 aromatic heterocycles. The number of thiophene rings is 1. The first-order valence-electron chi connectivity index (χ1n) is 9.92. The van der Waals surface area contributed by atoms with Gasteiger partial charge in [-0.1, -0.05) is 0 Å². The highest BCUT2D eigenvalue weighted by atomic mass is 32.1. The summed E-state index contributed by atoms with van der Waals surface area (Å²) in [5, 5.41) is 10.4. The number of carbonyl (C=O) groups excluding carboxylic acids is 2. The molecule has 154 valence electrons. The van der Waals surface area contributed by atoms with Crippen LogP contribution in [0.4, 0.5) is 0 Å². The largest absolute Gasteiger partial charge is 0.369 e. The highest BCUT2D eigenvalue weighted by Crippen LogP contribution is 2.21. The summed E-state index contributed by atoms with van der Waals surface area (Å²) >= 11 is 1.42. The number of likely N-dealkylation sites (tertiary alicyclic amines) is 1. The van der Waals surface area contributed by atoms with Crippen LogP contribution in [0, 0.1) is 5.92 Å². The molecule has 2 N–H and O–H groups in total. The summed E-state index contributed by atoms with van der Waals surface area (Å²) in [5.74, 6) is 0.989. The topological polar surface area (TPSA) is 116 Å². The van der Waals surface area contributed by atoms with E-state index < -0.39 is 0 Å². The average Bonchev–Trinajstić information content (AvgIpc) is 3.36. The number of carbonyl (C=O) groups is 2. The van der Waals surface area contributed by atoms with Gasteiger partial charge in [0.25, 0.3) is 5.56 Å². The zero-order valence-electron chi connectivity index (χ0n) is 16.3. The maximum absolute atomic E-state index is 12.6. The molecule has 0 unspecified atom stereocenters. The highest BCUT2D eigenvalue weighted by Gasteiger charge is 2.25. The van der Waals surface area contributed by atoms with Crippen LogP contribution in [0.3, 0.4) is 0 Å². The SMILES string of the molecule is CCn1c(=O)c2sccc2n2c(CCCC(=O)N3CCC(C(N)=O)CC3)nnc12. The van der Waals surface area contributed by atoms with E-state index in [1.54, 1.807) is 4.57 Å². The van der Waals surface area contributed by atoms with E-state index in [0.717, 1.165) is 11.3 Å². The standard InChI is InChI=1S/C19H24N6O3S/c1-2-24-18(28)16-13(8-11-29-16)25-14(21-22-19(24)25)4-3-5-15(26)23-9-6-12(7-10-23)17(20)27/h8,11-12H,2-7,9-10H2,1H3,(H2,20,27). The zero-order valence-corrected chi connectivity index (χ0v) is 17.2. The van der Waals surface area contributed by atoms with Crippen LogP contribution in [0.2, 0.25) is 0 Å². The van der Waals surface area contributed by atoms with Crippen molar-refractivity contribution in [1.29, 1.82) is 0 Å². The summed E-state index contributed by atoms with van der Waals surface area (Å²) < 4.78 is 4.25. The third-order valence-corrected chi connectivity index (χ3v) is 6.53. The molecule has 1 fully saturated rings. The minimum Gasteiger partial charge on any atom is -0.369 e. The molecular weight excluding hydrogens is 392 g/mol. The summed E-state index contributed by atoms with van der Waals surface area (Å²) in [6.45, 7) is 3.60. The second kappa shape index (κ2) is 7.94. The van der Waals surface area contributed by atoms with Crippen LogP contribution in [-0.2, 0) is 22.6 Å². The minimum atomic E-state index is -0.277. The van der Waals surface area contributed by atoms with Gasteiger partial charge < -0.3 is 10.6 Å². The third-order valence-electron chi connectivity index (χ3n) is 5.64. The van der Waals surface area contributed by atoms with Gasteiger partial charge in [-0.05, 0) is 37.6 Å². The smallest absolute Gasteiger partial charge is 0.272 e. The number of aryl methyl sites for hydroxylation is 2. The summed E-state index contributed by atoms with van der Waals surface area (Å²) in [6.07, 6.45) is 2.93. The molecule has 0 saturated carbocycles. The van der Waals surface area contributed by atoms with E-state index in [0.29, 0.717) is 62.2 Å². The van der Waals surface area contributed by atoms with Gasteiger partial charge in [-0.25, -0.2) is 0 Å². The number of aromatic nitrogens is 4. The van der Waals surface area contributed by atoms with E-state index in [4.69, 9.17) is 5.73 Å². The molecule has 4 rings (SSSR count). The first-order valence-corrected chi connectivity index (χ1v) is 10.8. The lowest BCUT2D eigenvalue weighted by atomic mass is 9.96. The molecular formula is C19H24N6O3S. The molecule has 29 heavy (non-hydrogen) atoms. The third kappa shape index (κ3) is 3.52. The highest BCUT2D eigenvalue weighted by molar-refractivity contribution is 7.17. The van der Waals surface area contributed by atoms with E-state index in [-0.39, 0.29) is 23.3 Å². The number of rotatable bonds is 6. The lowest BCUT2D eigenvalue weighted by Gasteiger charge is -2.30. The molecule has 3 aromatic rings. The predicted molar refractivity (Wildman–Crippen MR) is 110 cm³/mol. The summed E-state index contributed by atoms with van der Waals surface area (Å²) in [5.41, 5.74) is 6.13. The fourth-order valence-corrected chi connectivity index (χ4v) is 4.82. The van der Waals surface area contributed by atoms with Crippen LogP contribution in [-0.4, -0.2) is 49.0 Å². The van der Waals surface area contributed by atoms with Gasteiger partial charge in [0.15, 0.2) is 0 Å². The number of hydrogen-bond acceptors (Lipinski definition) is 6. The number of nitrogens with zero attached hydrogens (tertiary/aromatic N) is 5. The fraction of sp³-hybridized carbons (Fsp3) is 0.526. The molecule has 0 radical (unpaired) electrons. The molecule has 1 saturated heterocycles. The van der Waals surface area contributed by atoms with E-state index in [2.05, 4.69) is 10.2 Å². The van der Waals surface area contributed by atoms with E-state index in [1.807, 2.05) is 27.7 Å². The molecule has 0 aliphatic carbocycles. The Morgan fingerprint density at radius 3 is 2.72 bits per heavy atom. The Bertz CT molecular complexity index is 1120. The van der Waals surface area contributed by atoms with Crippen molar-refractivity contribution in [3.05, 3.63) is 27.6 Å². The molecule has 10 heteroatoms. The molecule has 0 bridgehead atoms. The Labute approximate surface area is 171 Å². The van der Waals surface area contributed by atoms with E-state index in [1.165, 1.54) is 11.3 Å². The van der Waals surface area contributed by atoms with Crippen molar-refractivity contribution in [2.45, 2.75) is 45.6 Å². The van der Waals surface area contributed by atoms with Gasteiger partial charge in [0.2, 0.25) is 17.6 Å². The predicted octanol–water partition coefficient (Wildman–Crippen LogP) is 1.17. The number of fused-ring (bicyclic) bond motifs is 3. The van der Waals surface area contributed by atoms with Crippen molar-refractivity contribution in [3.63, 3.8) is 0 Å². The van der Waals surface area contributed by atoms with Gasteiger partial charge in [0.05, 0.1) is 5.52 Å². The van der Waals surface area contributed by atoms with Crippen molar-refractivity contribution in [3.8, 4) is 0 Å². The molecule has 0 aromatic carbocycles. The first kappa shape index (κ1) is 19.6. The van der Waals surface area contributed by atoms with E-state index >= 15 is 0 Å². The van der Waals surface area contributed by atoms with Gasteiger partial charge in [-0.3, -0.25) is 23.4 Å². The van der Waals surface area contributed by atoms with Crippen LogP contribution in [0.15, 0.2) is 16.2 Å².